The fraction of sp³-hybridized carbons (Fsp3) is 0.708. The summed E-state index contributed by atoms with van der Waals surface area (Å²) in [6.45, 7) is 2.24. The number of carboxylic acids is 1. The second kappa shape index (κ2) is 17.7. The fourth-order valence-electron chi connectivity index (χ4n) is 3.44. The average molecular weight is 420 g/mol. The fourth-order valence-corrected chi connectivity index (χ4v) is 3.44. The van der Waals surface area contributed by atoms with Crippen LogP contribution in [0.15, 0.2) is 24.7 Å². The summed E-state index contributed by atoms with van der Waals surface area (Å²) in [6.07, 6.45) is 24.1. The number of aromatic amines is 1. The third-order valence-electron chi connectivity index (χ3n) is 5.28. The normalized spacial score (nSPS) is 12.3. The third kappa shape index (κ3) is 14.0. The maximum atomic E-state index is 12.0. The van der Waals surface area contributed by atoms with Crippen LogP contribution in [-0.4, -0.2) is 33.0 Å². The molecular formula is C24H41N3O3. The van der Waals surface area contributed by atoms with E-state index in [1.807, 2.05) is 0 Å². The number of allylic oxidation sites excluding steroid dienone is 2. The molecule has 0 spiro atoms. The average Bonchev–Trinajstić information content (AvgIpc) is 3.23. The molecule has 0 aliphatic carbocycles. The van der Waals surface area contributed by atoms with E-state index in [4.69, 9.17) is 0 Å². The molecule has 0 saturated carbocycles. The Morgan fingerprint density at radius 3 is 2.17 bits per heavy atom. The van der Waals surface area contributed by atoms with E-state index in [0.717, 1.165) is 19.3 Å². The monoisotopic (exact) mass is 419 g/mol. The molecule has 0 saturated heterocycles. The van der Waals surface area contributed by atoms with Gasteiger partial charge in [0, 0.05) is 24.7 Å². The Labute approximate surface area is 182 Å². The first kappa shape index (κ1) is 25.9. The number of nitrogens with zero attached hydrogens (tertiary/aromatic N) is 1. The summed E-state index contributed by atoms with van der Waals surface area (Å²) in [4.78, 5) is 30.1. The van der Waals surface area contributed by atoms with E-state index >= 15 is 0 Å². The van der Waals surface area contributed by atoms with Crippen LogP contribution in [0.1, 0.15) is 103 Å². The van der Waals surface area contributed by atoms with Crippen LogP contribution in [0.25, 0.3) is 0 Å². The number of carboxylic acid groups (broad SMARTS) is 1. The number of imidazole rings is 1. The summed E-state index contributed by atoms with van der Waals surface area (Å²) >= 11 is 0. The molecule has 1 unspecified atom stereocenters. The second-order valence-corrected chi connectivity index (χ2v) is 8.07. The predicted octanol–water partition coefficient (Wildman–Crippen LogP) is 5.56. The Morgan fingerprint density at radius 2 is 1.60 bits per heavy atom. The van der Waals surface area contributed by atoms with Gasteiger partial charge in [-0.05, 0) is 32.1 Å². The molecule has 0 fully saturated rings. The number of nitrogens with one attached hydrogen (secondary N) is 2. The molecule has 1 aromatic rings. The van der Waals surface area contributed by atoms with E-state index in [1.54, 1.807) is 6.20 Å². The number of unbranched alkanes of at least 4 members (excludes halogenated alkanes) is 11. The van der Waals surface area contributed by atoms with Crippen LogP contribution >= 0.6 is 0 Å². The van der Waals surface area contributed by atoms with Gasteiger partial charge in [-0.1, -0.05) is 70.4 Å². The van der Waals surface area contributed by atoms with E-state index in [1.165, 1.54) is 70.5 Å². The number of H-pyrrole nitrogens is 1. The van der Waals surface area contributed by atoms with E-state index in [0.29, 0.717) is 12.1 Å². The van der Waals surface area contributed by atoms with Crippen LogP contribution in [0.2, 0.25) is 0 Å². The number of aliphatic carboxylic acids is 1. The Hall–Kier alpha value is -2.11. The Bertz CT molecular complexity index is 585. The van der Waals surface area contributed by atoms with Gasteiger partial charge >= 0.3 is 5.97 Å². The summed E-state index contributed by atoms with van der Waals surface area (Å²) in [5.41, 5.74) is 0.699. The molecule has 0 radical (unpaired) electrons. The number of rotatable bonds is 19. The van der Waals surface area contributed by atoms with Crippen molar-refractivity contribution < 1.29 is 14.7 Å². The molecule has 1 heterocycles. The number of hydrogen-bond acceptors (Lipinski definition) is 3. The summed E-state index contributed by atoms with van der Waals surface area (Å²) in [7, 11) is 0. The zero-order chi connectivity index (χ0) is 21.9. The summed E-state index contributed by atoms with van der Waals surface area (Å²) in [5, 5.41) is 11.9. The SMILES string of the molecule is CCCCCC/C=C/CCCCCCCCCC(=O)NC(Cc1cnc[nH]1)C(=O)O. The summed E-state index contributed by atoms with van der Waals surface area (Å²) < 4.78 is 0. The molecule has 1 rings (SSSR count). The van der Waals surface area contributed by atoms with Crippen LogP contribution in [0.5, 0.6) is 0 Å². The van der Waals surface area contributed by atoms with Crippen molar-refractivity contribution in [3.05, 3.63) is 30.4 Å². The largest absolute Gasteiger partial charge is 0.480 e. The summed E-state index contributed by atoms with van der Waals surface area (Å²) in [5.74, 6) is -1.22. The number of aromatic nitrogens is 2. The minimum atomic E-state index is -1.02. The third-order valence-corrected chi connectivity index (χ3v) is 5.28. The zero-order valence-electron chi connectivity index (χ0n) is 18.7. The van der Waals surface area contributed by atoms with E-state index in [-0.39, 0.29) is 12.3 Å². The van der Waals surface area contributed by atoms with Gasteiger partial charge in [-0.3, -0.25) is 4.79 Å². The van der Waals surface area contributed by atoms with Crippen molar-refractivity contribution in [2.75, 3.05) is 0 Å². The molecule has 0 aromatic carbocycles. The quantitative estimate of drug-likeness (QED) is 0.202. The van der Waals surface area contributed by atoms with E-state index in [9.17, 15) is 14.7 Å². The molecule has 0 bridgehead atoms. The highest BCUT2D eigenvalue weighted by Crippen LogP contribution is 2.11. The molecule has 6 nitrogen and oxygen atoms in total. The maximum absolute atomic E-state index is 12.0. The van der Waals surface area contributed by atoms with Gasteiger partial charge in [-0.2, -0.15) is 0 Å². The van der Waals surface area contributed by atoms with Crippen LogP contribution in [-0.2, 0) is 16.0 Å². The molecule has 0 aliphatic rings. The molecule has 6 heteroatoms. The minimum Gasteiger partial charge on any atom is -0.480 e. The highest BCUT2D eigenvalue weighted by molar-refractivity contribution is 5.83. The van der Waals surface area contributed by atoms with Gasteiger partial charge in [0.05, 0.1) is 6.33 Å². The smallest absolute Gasteiger partial charge is 0.326 e. The van der Waals surface area contributed by atoms with Crippen molar-refractivity contribution in [2.24, 2.45) is 0 Å². The lowest BCUT2D eigenvalue weighted by Crippen LogP contribution is -2.42. The van der Waals surface area contributed by atoms with Crippen molar-refractivity contribution in [1.29, 1.82) is 0 Å². The topological polar surface area (TPSA) is 95.1 Å². The number of amides is 1. The summed E-state index contributed by atoms with van der Waals surface area (Å²) in [6, 6.07) is -0.914. The lowest BCUT2D eigenvalue weighted by Gasteiger charge is -2.13. The maximum Gasteiger partial charge on any atom is 0.326 e. The van der Waals surface area contributed by atoms with Crippen molar-refractivity contribution >= 4 is 11.9 Å². The molecular weight excluding hydrogens is 378 g/mol. The Kier molecular flexibility index (Phi) is 15.3. The zero-order valence-corrected chi connectivity index (χ0v) is 18.7. The molecule has 0 aliphatic heterocycles. The highest BCUT2D eigenvalue weighted by Gasteiger charge is 2.20. The van der Waals surface area contributed by atoms with Crippen LogP contribution in [0, 0.1) is 0 Å². The van der Waals surface area contributed by atoms with Crippen molar-refractivity contribution in [3.8, 4) is 0 Å². The number of hydrogen-bond donors (Lipinski definition) is 3. The molecule has 1 atom stereocenters. The Morgan fingerprint density at radius 1 is 1.00 bits per heavy atom. The predicted molar refractivity (Wildman–Crippen MR) is 121 cm³/mol. The lowest BCUT2D eigenvalue weighted by atomic mass is 10.1. The first-order valence-corrected chi connectivity index (χ1v) is 11.8. The lowest BCUT2D eigenvalue weighted by molar-refractivity contribution is -0.141. The van der Waals surface area contributed by atoms with Crippen molar-refractivity contribution in [3.63, 3.8) is 0 Å². The van der Waals surface area contributed by atoms with Gasteiger partial charge in [-0.25, -0.2) is 9.78 Å². The molecule has 30 heavy (non-hydrogen) atoms. The Balaban J connectivity index is 1.95. The van der Waals surface area contributed by atoms with Crippen molar-refractivity contribution in [2.45, 2.75) is 109 Å². The van der Waals surface area contributed by atoms with Crippen LogP contribution < -0.4 is 5.32 Å². The number of carbonyl (C=O) groups excluding carboxylic acids is 1. The highest BCUT2D eigenvalue weighted by atomic mass is 16.4. The van der Waals surface area contributed by atoms with Gasteiger partial charge in [0.25, 0.3) is 0 Å². The standard InChI is InChI=1S/C24H41N3O3/c1-2-3-4-5-6-7-8-9-10-11-12-13-14-15-16-17-23(28)27-22(24(29)30)18-21-19-25-20-26-21/h7-8,19-20,22H,2-6,9-18H2,1H3,(H,25,26)(H,27,28)(H,29,30)/b8-7+. The number of carbonyl (C=O) groups is 2. The first-order valence-electron chi connectivity index (χ1n) is 11.8. The minimum absolute atomic E-state index is 0.191. The van der Waals surface area contributed by atoms with E-state index in [2.05, 4.69) is 34.4 Å². The van der Waals surface area contributed by atoms with Gasteiger partial charge in [0.2, 0.25) is 5.91 Å². The van der Waals surface area contributed by atoms with Gasteiger partial charge in [0.15, 0.2) is 0 Å². The van der Waals surface area contributed by atoms with Gasteiger partial charge in [0.1, 0.15) is 6.04 Å². The van der Waals surface area contributed by atoms with Crippen LogP contribution in [0.3, 0.4) is 0 Å². The molecule has 1 amide bonds. The van der Waals surface area contributed by atoms with Crippen molar-refractivity contribution in [1.82, 2.24) is 15.3 Å². The first-order chi connectivity index (χ1) is 14.6. The van der Waals surface area contributed by atoms with Crippen LogP contribution in [0.4, 0.5) is 0 Å². The molecule has 1 aromatic heterocycles. The van der Waals surface area contributed by atoms with E-state index < -0.39 is 12.0 Å². The second-order valence-electron chi connectivity index (χ2n) is 8.07. The molecule has 3 N–H and O–H groups in total. The van der Waals surface area contributed by atoms with Gasteiger partial charge < -0.3 is 15.4 Å². The molecule has 170 valence electrons. The van der Waals surface area contributed by atoms with Gasteiger partial charge in [-0.15, -0.1) is 0 Å².